The van der Waals surface area contributed by atoms with Gasteiger partial charge in [-0.05, 0) is 18.9 Å². The van der Waals surface area contributed by atoms with Crippen LogP contribution in [0.3, 0.4) is 0 Å². The topological polar surface area (TPSA) is 51.5 Å². The summed E-state index contributed by atoms with van der Waals surface area (Å²) in [4.78, 5) is 16.3. The van der Waals surface area contributed by atoms with E-state index in [2.05, 4.69) is 10.3 Å². The number of furan rings is 1. The van der Waals surface area contributed by atoms with Crippen molar-refractivity contribution in [2.24, 2.45) is 0 Å². The molecule has 88 valence electrons. The summed E-state index contributed by atoms with van der Waals surface area (Å²) >= 11 is 0. The number of carbonyl (C=O) groups is 1. The normalized spacial score (nSPS) is 17.3. The number of rotatable bonds is 3. The maximum Gasteiger partial charge on any atom is 0.278 e. The molecule has 4 heteroatoms. The third-order valence-electron chi connectivity index (χ3n) is 3.11. The van der Waals surface area contributed by atoms with Crippen molar-refractivity contribution in [3.63, 3.8) is 0 Å². The van der Waals surface area contributed by atoms with Gasteiger partial charge < -0.3 is 4.42 Å². The molecule has 1 aromatic rings. The molecule has 0 atom stereocenters. The SMILES string of the molecule is CONC(=O)c1ccoc1C1CCCCC1. The van der Waals surface area contributed by atoms with E-state index in [1.165, 1.54) is 26.4 Å². The highest BCUT2D eigenvalue weighted by molar-refractivity contribution is 5.94. The van der Waals surface area contributed by atoms with Crippen molar-refractivity contribution >= 4 is 5.91 Å². The molecule has 1 aliphatic carbocycles. The van der Waals surface area contributed by atoms with Crippen LogP contribution < -0.4 is 5.48 Å². The Hall–Kier alpha value is -1.29. The smallest absolute Gasteiger partial charge is 0.278 e. The van der Waals surface area contributed by atoms with Crippen LogP contribution in [-0.4, -0.2) is 13.0 Å². The highest BCUT2D eigenvalue weighted by Crippen LogP contribution is 2.34. The molecule has 1 saturated carbocycles. The monoisotopic (exact) mass is 223 g/mol. The van der Waals surface area contributed by atoms with E-state index in [4.69, 9.17) is 4.42 Å². The zero-order valence-electron chi connectivity index (χ0n) is 9.49. The summed E-state index contributed by atoms with van der Waals surface area (Å²) in [6.07, 6.45) is 7.53. The molecule has 2 rings (SSSR count). The van der Waals surface area contributed by atoms with Crippen molar-refractivity contribution in [1.82, 2.24) is 5.48 Å². The highest BCUT2D eigenvalue weighted by atomic mass is 16.6. The van der Waals surface area contributed by atoms with Crippen LogP contribution in [0.25, 0.3) is 0 Å². The maximum atomic E-state index is 11.7. The van der Waals surface area contributed by atoms with Gasteiger partial charge in [-0.2, -0.15) is 0 Å². The van der Waals surface area contributed by atoms with Gasteiger partial charge >= 0.3 is 0 Å². The van der Waals surface area contributed by atoms with E-state index in [1.807, 2.05) is 0 Å². The Bertz CT molecular complexity index is 353. The fourth-order valence-corrected chi connectivity index (χ4v) is 2.34. The molecule has 1 heterocycles. The molecule has 1 N–H and O–H groups in total. The lowest BCUT2D eigenvalue weighted by molar-refractivity contribution is 0.0534. The molecule has 0 aromatic carbocycles. The summed E-state index contributed by atoms with van der Waals surface area (Å²) in [6.45, 7) is 0. The van der Waals surface area contributed by atoms with Crippen LogP contribution in [0, 0.1) is 0 Å². The first-order valence-electron chi connectivity index (χ1n) is 5.73. The van der Waals surface area contributed by atoms with E-state index in [1.54, 1.807) is 12.3 Å². The molecule has 0 unspecified atom stereocenters. The minimum atomic E-state index is -0.225. The summed E-state index contributed by atoms with van der Waals surface area (Å²) in [5.74, 6) is 0.979. The molecule has 0 radical (unpaired) electrons. The Morgan fingerprint density at radius 3 is 2.88 bits per heavy atom. The standard InChI is InChI=1S/C12H17NO3/c1-15-13-12(14)10-7-8-16-11(10)9-5-3-2-4-6-9/h7-9H,2-6H2,1H3,(H,13,14). The minimum absolute atomic E-state index is 0.225. The Balaban J connectivity index is 2.14. The van der Waals surface area contributed by atoms with Gasteiger partial charge in [0, 0.05) is 5.92 Å². The summed E-state index contributed by atoms with van der Waals surface area (Å²) in [6, 6.07) is 1.71. The second kappa shape index (κ2) is 5.16. The summed E-state index contributed by atoms with van der Waals surface area (Å²) in [5, 5.41) is 0. The van der Waals surface area contributed by atoms with Gasteiger partial charge in [-0.1, -0.05) is 19.3 Å². The van der Waals surface area contributed by atoms with Crippen LogP contribution in [0.1, 0.15) is 54.1 Å². The summed E-state index contributed by atoms with van der Waals surface area (Å²) in [7, 11) is 1.43. The average Bonchev–Trinajstić information content (AvgIpc) is 2.79. The van der Waals surface area contributed by atoms with Crippen LogP contribution in [0.4, 0.5) is 0 Å². The molecule has 0 spiro atoms. The zero-order valence-corrected chi connectivity index (χ0v) is 9.49. The first-order chi connectivity index (χ1) is 7.83. The predicted octanol–water partition coefficient (Wildman–Crippen LogP) is 2.62. The first-order valence-corrected chi connectivity index (χ1v) is 5.73. The molecule has 1 aromatic heterocycles. The number of amides is 1. The van der Waals surface area contributed by atoms with Gasteiger partial charge in [0.1, 0.15) is 5.76 Å². The van der Waals surface area contributed by atoms with Crippen LogP contribution in [0.5, 0.6) is 0 Å². The molecule has 4 nitrogen and oxygen atoms in total. The van der Waals surface area contributed by atoms with Crippen LogP contribution in [0.15, 0.2) is 16.7 Å². The van der Waals surface area contributed by atoms with Crippen molar-refractivity contribution in [1.29, 1.82) is 0 Å². The fraction of sp³-hybridized carbons (Fsp3) is 0.583. The molecule has 0 saturated heterocycles. The molecular weight excluding hydrogens is 206 g/mol. The fourth-order valence-electron chi connectivity index (χ4n) is 2.34. The number of nitrogens with one attached hydrogen (secondary N) is 1. The third-order valence-corrected chi connectivity index (χ3v) is 3.11. The first kappa shape index (κ1) is 11.2. The number of hydrogen-bond donors (Lipinski definition) is 1. The van der Waals surface area contributed by atoms with E-state index in [-0.39, 0.29) is 5.91 Å². The van der Waals surface area contributed by atoms with Crippen molar-refractivity contribution in [3.8, 4) is 0 Å². The van der Waals surface area contributed by atoms with Crippen molar-refractivity contribution in [2.45, 2.75) is 38.0 Å². The van der Waals surface area contributed by atoms with Gasteiger partial charge in [-0.3, -0.25) is 9.63 Å². The molecule has 16 heavy (non-hydrogen) atoms. The van der Waals surface area contributed by atoms with Crippen molar-refractivity contribution < 1.29 is 14.0 Å². The van der Waals surface area contributed by atoms with Crippen molar-refractivity contribution in [3.05, 3.63) is 23.7 Å². The number of hydrogen-bond acceptors (Lipinski definition) is 3. The zero-order chi connectivity index (χ0) is 11.4. The number of carbonyl (C=O) groups excluding carboxylic acids is 1. The average molecular weight is 223 g/mol. The van der Waals surface area contributed by atoms with Gasteiger partial charge in [-0.25, -0.2) is 5.48 Å². The van der Waals surface area contributed by atoms with E-state index in [9.17, 15) is 4.79 Å². The molecule has 1 amide bonds. The molecule has 0 bridgehead atoms. The minimum Gasteiger partial charge on any atom is -0.468 e. The van der Waals surface area contributed by atoms with Crippen LogP contribution in [0.2, 0.25) is 0 Å². The third kappa shape index (κ3) is 2.27. The van der Waals surface area contributed by atoms with Gasteiger partial charge in [0.25, 0.3) is 5.91 Å². The summed E-state index contributed by atoms with van der Waals surface area (Å²) in [5.41, 5.74) is 2.93. The van der Waals surface area contributed by atoms with E-state index < -0.39 is 0 Å². The van der Waals surface area contributed by atoms with Gasteiger partial charge in [0.2, 0.25) is 0 Å². The van der Waals surface area contributed by atoms with E-state index >= 15 is 0 Å². The van der Waals surface area contributed by atoms with Crippen LogP contribution >= 0.6 is 0 Å². The molecule has 1 fully saturated rings. The second-order valence-corrected chi connectivity index (χ2v) is 4.17. The maximum absolute atomic E-state index is 11.7. The lowest BCUT2D eigenvalue weighted by Gasteiger charge is -2.20. The van der Waals surface area contributed by atoms with E-state index in [0.717, 1.165) is 18.6 Å². The molecular formula is C12H17NO3. The Morgan fingerprint density at radius 1 is 1.44 bits per heavy atom. The molecule has 0 aliphatic heterocycles. The Labute approximate surface area is 94.9 Å². The lowest BCUT2D eigenvalue weighted by Crippen LogP contribution is -2.23. The number of hydroxylamine groups is 1. The summed E-state index contributed by atoms with van der Waals surface area (Å²) < 4.78 is 5.46. The quantitative estimate of drug-likeness (QED) is 0.801. The van der Waals surface area contributed by atoms with Gasteiger partial charge in [0.05, 0.1) is 18.9 Å². The molecule has 1 aliphatic rings. The van der Waals surface area contributed by atoms with Gasteiger partial charge in [0.15, 0.2) is 0 Å². The van der Waals surface area contributed by atoms with Gasteiger partial charge in [-0.15, -0.1) is 0 Å². The lowest BCUT2D eigenvalue weighted by atomic mass is 9.86. The second-order valence-electron chi connectivity index (χ2n) is 4.17. The Morgan fingerprint density at radius 2 is 2.19 bits per heavy atom. The van der Waals surface area contributed by atoms with Crippen molar-refractivity contribution in [2.75, 3.05) is 7.11 Å². The Kier molecular flexibility index (Phi) is 3.62. The van der Waals surface area contributed by atoms with Crippen LogP contribution in [-0.2, 0) is 4.84 Å². The highest BCUT2D eigenvalue weighted by Gasteiger charge is 2.24. The largest absolute Gasteiger partial charge is 0.468 e. The van der Waals surface area contributed by atoms with E-state index in [0.29, 0.717) is 11.5 Å². The predicted molar refractivity (Wildman–Crippen MR) is 59.0 cm³/mol.